The Morgan fingerprint density at radius 1 is 1.09 bits per heavy atom. The van der Waals surface area contributed by atoms with Crippen LogP contribution in [0.2, 0.25) is 0 Å². The number of amides is 2. The van der Waals surface area contributed by atoms with Gasteiger partial charge in [0.25, 0.3) is 11.8 Å². The van der Waals surface area contributed by atoms with Gasteiger partial charge in [-0.25, -0.2) is 4.52 Å². The van der Waals surface area contributed by atoms with Gasteiger partial charge in [0.15, 0.2) is 11.5 Å². The number of carbonyl (C=O) groups is 2. The van der Waals surface area contributed by atoms with Crippen LogP contribution in [0.3, 0.4) is 0 Å². The summed E-state index contributed by atoms with van der Waals surface area (Å²) in [7, 11) is 0. The van der Waals surface area contributed by atoms with Gasteiger partial charge < -0.3 is 15.2 Å². The van der Waals surface area contributed by atoms with Crippen LogP contribution < -0.4 is 10.6 Å². The van der Waals surface area contributed by atoms with Gasteiger partial charge in [0, 0.05) is 18.0 Å². The third kappa shape index (κ3) is 5.42. The average molecular weight is 473 g/mol. The highest BCUT2D eigenvalue weighted by molar-refractivity contribution is 6.03. The number of aryl methyl sites for hydroxylation is 1. The van der Waals surface area contributed by atoms with E-state index in [1.807, 2.05) is 13.8 Å². The summed E-state index contributed by atoms with van der Waals surface area (Å²) in [5.74, 6) is -0.946. The number of hydrogen-bond acceptors (Lipinski definition) is 5. The number of rotatable bonds is 5. The Bertz CT molecular complexity index is 1310. The van der Waals surface area contributed by atoms with Crippen LogP contribution in [0, 0.1) is 6.92 Å². The first-order valence-corrected chi connectivity index (χ1v) is 10.4. The van der Waals surface area contributed by atoms with E-state index in [2.05, 4.69) is 20.9 Å². The molecule has 0 saturated carbocycles. The Balaban J connectivity index is 0.00000158. The third-order valence-corrected chi connectivity index (χ3v) is 4.69. The Hall–Kier alpha value is -4.15. The van der Waals surface area contributed by atoms with Crippen molar-refractivity contribution in [1.29, 1.82) is 0 Å². The van der Waals surface area contributed by atoms with Crippen molar-refractivity contribution < 1.29 is 27.3 Å². The minimum Gasteiger partial charge on any atom is -0.359 e. The summed E-state index contributed by atoms with van der Waals surface area (Å²) < 4.78 is 45.8. The SMILES string of the molecule is CC.Cc1ccc(NC(=O)c2cc(CNC(=O)c3cnn4ccccc34)on2)cc1C(F)(F)F. The van der Waals surface area contributed by atoms with Gasteiger partial charge in [-0.1, -0.05) is 31.1 Å². The molecule has 0 saturated heterocycles. The molecule has 2 N–H and O–H groups in total. The lowest BCUT2D eigenvalue weighted by atomic mass is 10.1. The van der Waals surface area contributed by atoms with Gasteiger partial charge in [-0.2, -0.15) is 18.3 Å². The molecule has 4 rings (SSSR count). The van der Waals surface area contributed by atoms with Crippen LogP contribution >= 0.6 is 0 Å². The highest BCUT2D eigenvalue weighted by atomic mass is 19.4. The molecule has 0 spiro atoms. The van der Waals surface area contributed by atoms with Crippen LogP contribution in [-0.2, 0) is 12.7 Å². The van der Waals surface area contributed by atoms with Gasteiger partial charge in [0.1, 0.15) is 0 Å². The fraction of sp³-hybridized carbons (Fsp3) is 0.217. The lowest BCUT2D eigenvalue weighted by molar-refractivity contribution is -0.138. The molecular weight excluding hydrogens is 451 g/mol. The summed E-state index contributed by atoms with van der Waals surface area (Å²) in [5.41, 5.74) is 0.0211. The molecule has 11 heteroatoms. The molecule has 8 nitrogen and oxygen atoms in total. The number of nitrogens with one attached hydrogen (secondary N) is 2. The zero-order valence-electron chi connectivity index (χ0n) is 18.6. The highest BCUT2D eigenvalue weighted by Gasteiger charge is 2.32. The number of anilines is 1. The lowest BCUT2D eigenvalue weighted by Crippen LogP contribution is -2.22. The van der Waals surface area contributed by atoms with Crippen LogP contribution in [-0.4, -0.2) is 26.6 Å². The van der Waals surface area contributed by atoms with Crippen molar-refractivity contribution in [3.05, 3.63) is 83.0 Å². The minimum absolute atomic E-state index is 0.0288. The van der Waals surface area contributed by atoms with Crippen molar-refractivity contribution in [3.63, 3.8) is 0 Å². The Morgan fingerprint density at radius 3 is 2.59 bits per heavy atom. The van der Waals surface area contributed by atoms with Gasteiger partial charge in [0.2, 0.25) is 0 Å². The molecule has 4 aromatic rings. The standard InChI is InChI=1S/C21H16F3N5O3.C2H6/c1-12-5-6-13(8-16(12)21(22,23)24)27-20(31)17-9-14(32-28-17)10-25-19(30)15-11-26-29-7-3-2-4-18(15)29;1-2/h2-9,11H,10H2,1H3,(H,25,30)(H,27,31);1-2H3. The average Bonchev–Trinajstić information content (AvgIpc) is 3.47. The minimum atomic E-state index is -4.54. The summed E-state index contributed by atoms with van der Waals surface area (Å²) in [5, 5.41) is 12.7. The molecule has 2 amide bonds. The topological polar surface area (TPSA) is 102 Å². The summed E-state index contributed by atoms with van der Waals surface area (Å²) in [6.07, 6.45) is -1.40. The van der Waals surface area contributed by atoms with Gasteiger partial charge in [-0.3, -0.25) is 9.59 Å². The number of aromatic nitrogens is 3. The summed E-state index contributed by atoms with van der Waals surface area (Å²) in [4.78, 5) is 24.7. The molecule has 0 atom stereocenters. The lowest BCUT2D eigenvalue weighted by Gasteiger charge is -2.12. The summed E-state index contributed by atoms with van der Waals surface area (Å²) in [6.45, 7) is 5.28. The van der Waals surface area contributed by atoms with Gasteiger partial charge in [0.05, 0.1) is 29.4 Å². The van der Waals surface area contributed by atoms with E-state index in [0.29, 0.717) is 11.1 Å². The molecule has 0 unspecified atom stereocenters. The first-order valence-electron chi connectivity index (χ1n) is 10.4. The number of pyridine rings is 1. The molecule has 178 valence electrons. The van der Waals surface area contributed by atoms with Crippen molar-refractivity contribution in [2.45, 2.75) is 33.5 Å². The van der Waals surface area contributed by atoms with Gasteiger partial charge >= 0.3 is 6.18 Å². The monoisotopic (exact) mass is 473 g/mol. The molecule has 0 aliphatic rings. The number of alkyl halides is 3. The highest BCUT2D eigenvalue weighted by Crippen LogP contribution is 2.33. The molecule has 3 aromatic heterocycles. The predicted octanol–water partition coefficient (Wildman–Crippen LogP) is 4.86. The van der Waals surface area contributed by atoms with Crippen molar-refractivity contribution in [2.75, 3.05) is 5.32 Å². The van der Waals surface area contributed by atoms with Crippen molar-refractivity contribution in [3.8, 4) is 0 Å². The second kappa shape index (κ2) is 10.2. The van der Waals surface area contributed by atoms with E-state index in [1.54, 1.807) is 28.9 Å². The smallest absolute Gasteiger partial charge is 0.359 e. The number of benzene rings is 1. The quantitative estimate of drug-likeness (QED) is 0.431. The Morgan fingerprint density at radius 2 is 1.85 bits per heavy atom. The first-order chi connectivity index (χ1) is 16.2. The Kier molecular flexibility index (Phi) is 7.34. The van der Waals surface area contributed by atoms with Crippen LogP contribution in [0.25, 0.3) is 5.52 Å². The van der Waals surface area contributed by atoms with Crippen molar-refractivity contribution in [1.82, 2.24) is 20.1 Å². The Labute approximate surface area is 192 Å². The second-order valence-electron chi connectivity index (χ2n) is 6.93. The molecule has 0 fully saturated rings. The van der Waals surface area contributed by atoms with E-state index >= 15 is 0 Å². The first kappa shape index (κ1) is 24.5. The number of nitrogens with zero attached hydrogens (tertiary/aromatic N) is 3. The van der Waals surface area contributed by atoms with Crippen LogP contribution in [0.1, 0.15) is 51.6 Å². The van der Waals surface area contributed by atoms with E-state index < -0.39 is 23.6 Å². The van der Waals surface area contributed by atoms with Crippen LogP contribution in [0.4, 0.5) is 18.9 Å². The zero-order chi connectivity index (χ0) is 24.9. The predicted molar refractivity (Wildman–Crippen MR) is 118 cm³/mol. The molecule has 0 aliphatic heterocycles. The maximum absolute atomic E-state index is 13.1. The van der Waals surface area contributed by atoms with Crippen molar-refractivity contribution >= 4 is 23.0 Å². The van der Waals surface area contributed by atoms with Crippen LogP contribution in [0.15, 0.2) is 59.4 Å². The molecule has 0 radical (unpaired) electrons. The fourth-order valence-corrected chi connectivity index (χ4v) is 3.08. The summed E-state index contributed by atoms with van der Waals surface area (Å²) in [6, 6.07) is 10.1. The largest absolute Gasteiger partial charge is 0.416 e. The molecule has 3 heterocycles. The number of carbonyl (C=O) groups excluding carboxylic acids is 2. The van der Waals surface area contributed by atoms with E-state index in [1.165, 1.54) is 31.3 Å². The number of halogens is 3. The van der Waals surface area contributed by atoms with E-state index in [9.17, 15) is 22.8 Å². The third-order valence-electron chi connectivity index (χ3n) is 4.69. The molecule has 0 aliphatic carbocycles. The molecule has 34 heavy (non-hydrogen) atoms. The number of hydrogen-bond donors (Lipinski definition) is 2. The van der Waals surface area contributed by atoms with Gasteiger partial charge in [-0.15, -0.1) is 0 Å². The second-order valence-corrected chi connectivity index (χ2v) is 6.93. The van der Waals surface area contributed by atoms with E-state index in [-0.39, 0.29) is 29.2 Å². The molecule has 1 aromatic carbocycles. The van der Waals surface area contributed by atoms with Crippen molar-refractivity contribution in [2.24, 2.45) is 0 Å². The maximum atomic E-state index is 13.1. The van der Waals surface area contributed by atoms with Crippen LogP contribution in [0.5, 0.6) is 0 Å². The molecular formula is C23H22F3N5O3. The van der Waals surface area contributed by atoms with E-state index in [0.717, 1.165) is 6.07 Å². The normalized spacial score (nSPS) is 11.0. The molecule has 0 bridgehead atoms. The van der Waals surface area contributed by atoms with E-state index in [4.69, 9.17) is 4.52 Å². The fourth-order valence-electron chi connectivity index (χ4n) is 3.08. The summed E-state index contributed by atoms with van der Waals surface area (Å²) >= 11 is 0. The maximum Gasteiger partial charge on any atom is 0.416 e. The van der Waals surface area contributed by atoms with Gasteiger partial charge in [-0.05, 0) is 36.8 Å². The zero-order valence-corrected chi connectivity index (χ0v) is 18.6. The number of fused-ring (bicyclic) bond motifs is 1.